The van der Waals surface area contributed by atoms with Crippen LogP contribution in [-0.4, -0.2) is 24.0 Å². The van der Waals surface area contributed by atoms with Gasteiger partial charge in [0.15, 0.2) is 0 Å². The van der Waals surface area contributed by atoms with Crippen molar-refractivity contribution in [1.29, 1.82) is 5.26 Å². The quantitative estimate of drug-likeness (QED) is 0.842. The minimum atomic E-state index is -0.255. The Kier molecular flexibility index (Phi) is 5.76. The Morgan fingerprint density at radius 3 is 2.72 bits per heavy atom. The van der Waals surface area contributed by atoms with E-state index in [0.717, 1.165) is 12.1 Å². The molecule has 0 aliphatic heterocycles. The number of likely N-dealkylation sites (N-methyl/N-ethyl adjacent to an activating group) is 1. The van der Waals surface area contributed by atoms with Crippen LogP contribution in [0, 0.1) is 17.1 Å². The Morgan fingerprint density at radius 1 is 1.50 bits per heavy atom. The highest BCUT2D eigenvalue weighted by molar-refractivity contribution is 5.21. The molecule has 0 spiro atoms. The third-order valence-electron chi connectivity index (χ3n) is 3.00. The molecule has 0 aliphatic carbocycles. The normalized spacial score (nSPS) is 14.2. The number of benzene rings is 1. The summed E-state index contributed by atoms with van der Waals surface area (Å²) in [5.41, 5.74) is 6.89. The molecule has 4 heteroatoms. The molecule has 1 aromatic carbocycles. The number of nitriles is 1. The molecular weight excluding hydrogens is 229 g/mol. The summed E-state index contributed by atoms with van der Waals surface area (Å²) >= 11 is 0. The predicted octanol–water partition coefficient (Wildman–Crippen LogP) is 2.45. The van der Waals surface area contributed by atoms with Crippen LogP contribution in [0.15, 0.2) is 24.3 Å². The topological polar surface area (TPSA) is 53.0 Å². The van der Waals surface area contributed by atoms with Crippen LogP contribution in [0.25, 0.3) is 0 Å². The van der Waals surface area contributed by atoms with Crippen LogP contribution >= 0.6 is 0 Å². The van der Waals surface area contributed by atoms with Gasteiger partial charge < -0.3 is 5.73 Å². The zero-order chi connectivity index (χ0) is 13.5. The summed E-state index contributed by atoms with van der Waals surface area (Å²) in [5, 5.41) is 8.68. The molecule has 0 aliphatic rings. The van der Waals surface area contributed by atoms with E-state index >= 15 is 0 Å². The highest BCUT2D eigenvalue weighted by atomic mass is 19.1. The molecule has 0 fully saturated rings. The number of hydrogen-bond donors (Lipinski definition) is 1. The summed E-state index contributed by atoms with van der Waals surface area (Å²) in [6.07, 6.45) is 0.451. The van der Waals surface area contributed by atoms with E-state index in [0.29, 0.717) is 13.0 Å². The fourth-order valence-corrected chi connectivity index (χ4v) is 2.22. The van der Waals surface area contributed by atoms with Crippen LogP contribution < -0.4 is 5.73 Å². The van der Waals surface area contributed by atoms with E-state index in [4.69, 9.17) is 11.0 Å². The van der Waals surface area contributed by atoms with Gasteiger partial charge in [0.05, 0.1) is 6.07 Å². The van der Waals surface area contributed by atoms with E-state index in [9.17, 15) is 4.39 Å². The Balaban J connectivity index is 2.97. The molecule has 98 valence electrons. The Morgan fingerprint density at radius 2 is 2.22 bits per heavy atom. The van der Waals surface area contributed by atoms with E-state index in [1.165, 1.54) is 12.1 Å². The molecule has 1 rings (SSSR count). The van der Waals surface area contributed by atoms with Crippen molar-refractivity contribution in [3.63, 3.8) is 0 Å². The molecule has 2 unspecified atom stereocenters. The second kappa shape index (κ2) is 7.10. The van der Waals surface area contributed by atoms with Gasteiger partial charge >= 0.3 is 0 Å². The average Bonchev–Trinajstić information content (AvgIpc) is 2.33. The standard InChI is InChI=1S/C14H20FN3/c1-3-18(9-5-8-16)14(11(2)17)12-6-4-7-13(15)10-12/h4,6-7,10-11,14H,3,5,9,17H2,1-2H3. The maximum Gasteiger partial charge on any atom is 0.123 e. The third kappa shape index (κ3) is 3.80. The second-order valence-electron chi connectivity index (χ2n) is 4.40. The molecule has 2 N–H and O–H groups in total. The van der Waals surface area contributed by atoms with E-state index < -0.39 is 0 Å². The molecular formula is C14H20FN3. The highest BCUT2D eigenvalue weighted by Gasteiger charge is 2.22. The molecule has 1 aromatic rings. The largest absolute Gasteiger partial charge is 0.326 e. The lowest BCUT2D eigenvalue weighted by molar-refractivity contribution is 0.189. The van der Waals surface area contributed by atoms with Crippen LogP contribution in [0.2, 0.25) is 0 Å². The van der Waals surface area contributed by atoms with Crippen molar-refractivity contribution in [2.45, 2.75) is 32.4 Å². The summed E-state index contributed by atoms with van der Waals surface area (Å²) in [6.45, 7) is 5.36. The monoisotopic (exact) mass is 249 g/mol. The summed E-state index contributed by atoms with van der Waals surface area (Å²) in [6, 6.07) is 8.47. The number of halogens is 1. The van der Waals surface area contributed by atoms with E-state index in [2.05, 4.69) is 11.0 Å². The van der Waals surface area contributed by atoms with Crippen molar-refractivity contribution in [3.8, 4) is 6.07 Å². The van der Waals surface area contributed by atoms with Gasteiger partial charge in [-0.3, -0.25) is 4.90 Å². The first kappa shape index (κ1) is 14.6. The zero-order valence-electron chi connectivity index (χ0n) is 10.9. The van der Waals surface area contributed by atoms with Crippen LogP contribution in [0.1, 0.15) is 31.9 Å². The SMILES string of the molecule is CCN(CCC#N)C(c1cccc(F)c1)C(C)N. The van der Waals surface area contributed by atoms with Gasteiger partial charge in [0, 0.05) is 25.0 Å². The number of hydrogen-bond acceptors (Lipinski definition) is 3. The van der Waals surface area contributed by atoms with Gasteiger partial charge in [-0.1, -0.05) is 19.1 Å². The molecule has 0 saturated heterocycles. The van der Waals surface area contributed by atoms with Crippen LogP contribution in [0.5, 0.6) is 0 Å². The number of nitrogens with two attached hydrogens (primary N) is 1. The van der Waals surface area contributed by atoms with Crippen molar-refractivity contribution in [1.82, 2.24) is 4.90 Å². The fraction of sp³-hybridized carbons (Fsp3) is 0.500. The van der Waals surface area contributed by atoms with E-state index in [1.54, 1.807) is 6.07 Å². The number of nitrogens with zero attached hydrogens (tertiary/aromatic N) is 2. The maximum absolute atomic E-state index is 13.3. The highest BCUT2D eigenvalue weighted by Crippen LogP contribution is 2.24. The molecule has 0 heterocycles. The zero-order valence-corrected chi connectivity index (χ0v) is 10.9. The maximum atomic E-state index is 13.3. The lowest BCUT2D eigenvalue weighted by atomic mass is 9.99. The van der Waals surface area contributed by atoms with Gasteiger partial charge in [0.2, 0.25) is 0 Å². The summed E-state index contributed by atoms with van der Waals surface area (Å²) < 4.78 is 13.3. The first-order chi connectivity index (χ1) is 8.60. The third-order valence-corrected chi connectivity index (χ3v) is 3.00. The van der Waals surface area contributed by atoms with Crippen LogP contribution in [-0.2, 0) is 0 Å². The summed E-state index contributed by atoms with van der Waals surface area (Å²) in [7, 11) is 0. The van der Waals surface area contributed by atoms with Gasteiger partial charge in [0.1, 0.15) is 5.82 Å². The molecule has 2 atom stereocenters. The van der Waals surface area contributed by atoms with Crippen LogP contribution in [0.4, 0.5) is 4.39 Å². The predicted molar refractivity (Wildman–Crippen MR) is 70.3 cm³/mol. The Labute approximate surface area is 108 Å². The minimum absolute atomic E-state index is 0.0564. The van der Waals surface area contributed by atoms with Crippen LogP contribution in [0.3, 0.4) is 0 Å². The van der Waals surface area contributed by atoms with Crippen molar-refractivity contribution in [2.24, 2.45) is 5.73 Å². The lowest BCUT2D eigenvalue weighted by Gasteiger charge is -2.33. The summed E-state index contributed by atoms with van der Waals surface area (Å²) in [4.78, 5) is 2.11. The van der Waals surface area contributed by atoms with E-state index in [-0.39, 0.29) is 17.9 Å². The molecule has 0 radical (unpaired) electrons. The fourth-order valence-electron chi connectivity index (χ4n) is 2.22. The van der Waals surface area contributed by atoms with E-state index in [1.807, 2.05) is 19.9 Å². The van der Waals surface area contributed by atoms with Gasteiger partial charge in [-0.25, -0.2) is 4.39 Å². The molecule has 0 saturated carbocycles. The molecule has 3 nitrogen and oxygen atoms in total. The van der Waals surface area contributed by atoms with Crippen molar-refractivity contribution in [3.05, 3.63) is 35.6 Å². The Bertz CT molecular complexity index is 412. The minimum Gasteiger partial charge on any atom is -0.326 e. The van der Waals surface area contributed by atoms with Gasteiger partial charge in [-0.2, -0.15) is 5.26 Å². The molecule has 0 bridgehead atoms. The molecule has 18 heavy (non-hydrogen) atoms. The van der Waals surface area contributed by atoms with Gasteiger partial charge in [-0.15, -0.1) is 0 Å². The number of rotatable bonds is 6. The molecule has 0 aromatic heterocycles. The van der Waals surface area contributed by atoms with Gasteiger partial charge in [0.25, 0.3) is 0 Å². The summed E-state index contributed by atoms with van der Waals surface area (Å²) in [5.74, 6) is -0.255. The molecule has 0 amide bonds. The van der Waals surface area contributed by atoms with Crippen molar-refractivity contribution >= 4 is 0 Å². The lowest BCUT2D eigenvalue weighted by Crippen LogP contribution is -2.40. The van der Waals surface area contributed by atoms with Gasteiger partial charge in [-0.05, 0) is 31.2 Å². The second-order valence-corrected chi connectivity index (χ2v) is 4.40. The Hall–Kier alpha value is -1.44. The smallest absolute Gasteiger partial charge is 0.123 e. The first-order valence-electron chi connectivity index (χ1n) is 6.22. The van der Waals surface area contributed by atoms with Crippen molar-refractivity contribution in [2.75, 3.05) is 13.1 Å². The van der Waals surface area contributed by atoms with Crippen molar-refractivity contribution < 1.29 is 4.39 Å². The first-order valence-corrected chi connectivity index (χ1v) is 6.22. The average molecular weight is 249 g/mol.